The maximum absolute atomic E-state index is 13.6. The van der Waals surface area contributed by atoms with Gasteiger partial charge in [-0.25, -0.2) is 14.8 Å². The fourth-order valence-corrected chi connectivity index (χ4v) is 8.17. The predicted octanol–water partition coefficient (Wildman–Crippen LogP) is 6.60. The second kappa shape index (κ2) is 14.3. The molecule has 0 saturated carbocycles. The third kappa shape index (κ3) is 6.82. The Labute approximate surface area is 299 Å². The van der Waals surface area contributed by atoms with Crippen molar-refractivity contribution in [3.63, 3.8) is 0 Å². The van der Waals surface area contributed by atoms with E-state index in [1.54, 1.807) is 0 Å². The summed E-state index contributed by atoms with van der Waals surface area (Å²) in [6, 6.07) is 12.4. The van der Waals surface area contributed by atoms with Crippen LogP contribution in [0.5, 0.6) is 0 Å². The molecular weight excluding hydrogens is 644 g/mol. The summed E-state index contributed by atoms with van der Waals surface area (Å²) in [7, 11) is 1.30. The van der Waals surface area contributed by atoms with Crippen LogP contribution in [0.1, 0.15) is 120 Å². The Balaban J connectivity index is 1.04. The van der Waals surface area contributed by atoms with Crippen molar-refractivity contribution < 1.29 is 19.1 Å². The first kappa shape index (κ1) is 35.0. The molecule has 0 radical (unpaired) electrons. The molecule has 7 rings (SSSR count). The number of nitrogens with one attached hydrogen (secondary N) is 4. The van der Waals surface area contributed by atoms with Gasteiger partial charge in [-0.1, -0.05) is 46.8 Å². The molecule has 12 nitrogen and oxygen atoms in total. The summed E-state index contributed by atoms with van der Waals surface area (Å²) in [6.07, 6.45) is 5.02. The van der Waals surface area contributed by atoms with E-state index in [0.717, 1.165) is 78.8 Å². The number of alkyl carbamates (subject to hydrolysis) is 1. The van der Waals surface area contributed by atoms with Crippen LogP contribution >= 0.6 is 0 Å². The molecule has 0 bridgehead atoms. The number of aromatic amines is 2. The van der Waals surface area contributed by atoms with Crippen molar-refractivity contribution in [2.24, 2.45) is 17.8 Å². The van der Waals surface area contributed by atoms with Gasteiger partial charge in [-0.05, 0) is 85.8 Å². The van der Waals surface area contributed by atoms with E-state index < -0.39 is 12.1 Å². The number of imidazole rings is 2. The Morgan fingerprint density at radius 1 is 0.745 bits per heavy atom. The summed E-state index contributed by atoms with van der Waals surface area (Å²) in [4.78, 5) is 59.7. The van der Waals surface area contributed by atoms with Crippen molar-refractivity contribution >= 4 is 40.0 Å². The molecule has 3 aliphatic heterocycles. The van der Waals surface area contributed by atoms with E-state index in [1.807, 2.05) is 30.6 Å². The number of hydrogen-bond donors (Lipinski definition) is 4. The normalized spacial score (nSPS) is 23.5. The lowest BCUT2D eigenvalue weighted by Gasteiger charge is -2.29. The first-order chi connectivity index (χ1) is 24.5. The molecule has 6 unspecified atom stereocenters. The molecule has 3 saturated heterocycles. The summed E-state index contributed by atoms with van der Waals surface area (Å²) in [5.74, 6) is 1.98. The van der Waals surface area contributed by atoms with Gasteiger partial charge in [-0.3, -0.25) is 9.59 Å². The third-order valence-corrected chi connectivity index (χ3v) is 11.5. The van der Waals surface area contributed by atoms with Gasteiger partial charge < -0.3 is 35.1 Å². The molecular formula is C39H52N8O4. The van der Waals surface area contributed by atoms with Crippen LogP contribution < -0.4 is 10.6 Å². The van der Waals surface area contributed by atoms with Gasteiger partial charge >= 0.3 is 6.09 Å². The predicted molar refractivity (Wildman–Crippen MR) is 196 cm³/mol. The Kier molecular flexibility index (Phi) is 9.80. The Bertz CT molecular complexity index is 1920. The molecule has 3 aliphatic rings. The first-order valence-corrected chi connectivity index (χ1v) is 18.7. The topological polar surface area (TPSA) is 148 Å². The molecule has 5 heterocycles. The quantitative estimate of drug-likeness (QED) is 0.154. The molecule has 12 heteroatoms. The van der Waals surface area contributed by atoms with E-state index in [9.17, 15) is 14.4 Å². The lowest BCUT2D eigenvalue weighted by molar-refractivity contribution is -0.137. The maximum Gasteiger partial charge on any atom is 0.407 e. The minimum Gasteiger partial charge on any atom is -0.453 e. The minimum absolute atomic E-state index is 0.000728. The number of carbonyl (C=O) groups excluding carboxylic acids is 3. The number of likely N-dealkylation sites (tertiary alicyclic amines) is 2. The lowest BCUT2D eigenvalue weighted by atomic mass is 9.96. The standard InChI is InChI=1S/C39H52N8O4/c1-21(2)23(5)37(48)46-17-7-9-32(46)35-41-28-13-11-24(19-30(28)43-35)26-15-16-27(40-26)25-12-14-29-31(20-25)44-36(42-29)33-10-8-18-47(33)38(49)34(22(3)4)45-39(50)51-6/h11-14,19-23,26-27,32-34,40H,7-10,15-18H2,1-6H3,(H,41,43)(H,42,44)(H,45,50). The SMILES string of the molecule is COC(=O)NC(C(=O)N1CCCC1c1nc2ccc(C3CCC(c4ccc5nc(C6CCCN6C(=O)C(C)C(C)C)[nH]c5c4)N3)cc2[nH]1)C(C)C. The zero-order chi connectivity index (χ0) is 36.0. The number of fused-ring (bicyclic) bond motifs is 2. The Morgan fingerprint density at radius 3 is 1.73 bits per heavy atom. The van der Waals surface area contributed by atoms with Crippen molar-refractivity contribution in [2.75, 3.05) is 20.2 Å². The van der Waals surface area contributed by atoms with Gasteiger partial charge in [0, 0.05) is 31.1 Å². The molecule has 51 heavy (non-hydrogen) atoms. The van der Waals surface area contributed by atoms with Crippen molar-refractivity contribution in [1.29, 1.82) is 0 Å². The van der Waals surface area contributed by atoms with E-state index in [1.165, 1.54) is 18.2 Å². The molecule has 2 aromatic carbocycles. The molecule has 2 aromatic heterocycles. The van der Waals surface area contributed by atoms with Gasteiger partial charge in [0.15, 0.2) is 0 Å². The van der Waals surface area contributed by atoms with Crippen LogP contribution in [0.25, 0.3) is 22.1 Å². The van der Waals surface area contributed by atoms with E-state index >= 15 is 0 Å². The fraction of sp³-hybridized carbons (Fsp3) is 0.564. The largest absolute Gasteiger partial charge is 0.453 e. The van der Waals surface area contributed by atoms with Crippen molar-refractivity contribution in [3.8, 4) is 0 Å². The van der Waals surface area contributed by atoms with Crippen LogP contribution in [0.4, 0.5) is 4.79 Å². The number of benzene rings is 2. The van der Waals surface area contributed by atoms with Crippen molar-refractivity contribution in [2.45, 2.75) is 103 Å². The second-order valence-electron chi connectivity index (χ2n) is 15.4. The highest BCUT2D eigenvalue weighted by molar-refractivity contribution is 5.86. The molecule has 0 aliphatic carbocycles. The van der Waals surface area contributed by atoms with Gasteiger partial charge in [0.2, 0.25) is 11.8 Å². The molecule has 6 atom stereocenters. The zero-order valence-electron chi connectivity index (χ0n) is 30.7. The highest BCUT2D eigenvalue weighted by atomic mass is 16.5. The van der Waals surface area contributed by atoms with Gasteiger partial charge in [0.25, 0.3) is 0 Å². The van der Waals surface area contributed by atoms with Crippen molar-refractivity contribution in [1.82, 2.24) is 40.4 Å². The maximum atomic E-state index is 13.6. The summed E-state index contributed by atoms with van der Waals surface area (Å²) in [6.45, 7) is 11.5. The number of H-pyrrole nitrogens is 2. The minimum atomic E-state index is -0.668. The fourth-order valence-electron chi connectivity index (χ4n) is 8.17. The van der Waals surface area contributed by atoms with E-state index in [2.05, 4.69) is 70.8 Å². The molecule has 0 spiro atoms. The van der Waals surface area contributed by atoms with E-state index in [-0.39, 0.29) is 47.8 Å². The number of aromatic nitrogens is 4. The summed E-state index contributed by atoms with van der Waals surface area (Å²) >= 11 is 0. The van der Waals surface area contributed by atoms with Crippen LogP contribution in [0, 0.1) is 17.8 Å². The average molecular weight is 697 g/mol. The summed E-state index contributed by atoms with van der Waals surface area (Å²) in [5.41, 5.74) is 6.20. The number of rotatable bonds is 9. The number of methoxy groups -OCH3 is 1. The van der Waals surface area contributed by atoms with Crippen LogP contribution in [-0.4, -0.2) is 73.9 Å². The Hall–Kier alpha value is -4.45. The van der Waals surface area contributed by atoms with Crippen LogP contribution in [-0.2, 0) is 14.3 Å². The van der Waals surface area contributed by atoms with Gasteiger partial charge in [0.05, 0.1) is 41.3 Å². The van der Waals surface area contributed by atoms with Crippen LogP contribution in [0.15, 0.2) is 36.4 Å². The molecule has 4 N–H and O–H groups in total. The number of hydrogen-bond acceptors (Lipinski definition) is 7. The number of nitrogens with zero attached hydrogens (tertiary/aromatic N) is 4. The Morgan fingerprint density at radius 2 is 1.25 bits per heavy atom. The van der Waals surface area contributed by atoms with Gasteiger partial charge in [-0.15, -0.1) is 0 Å². The van der Waals surface area contributed by atoms with E-state index in [0.29, 0.717) is 12.5 Å². The van der Waals surface area contributed by atoms with Gasteiger partial charge in [0.1, 0.15) is 17.7 Å². The van der Waals surface area contributed by atoms with Crippen LogP contribution in [0.3, 0.4) is 0 Å². The smallest absolute Gasteiger partial charge is 0.407 e. The molecule has 3 amide bonds. The van der Waals surface area contributed by atoms with E-state index in [4.69, 9.17) is 14.7 Å². The van der Waals surface area contributed by atoms with Crippen molar-refractivity contribution in [3.05, 3.63) is 59.2 Å². The third-order valence-electron chi connectivity index (χ3n) is 11.5. The number of carbonyl (C=O) groups is 3. The monoisotopic (exact) mass is 696 g/mol. The molecule has 272 valence electrons. The zero-order valence-corrected chi connectivity index (χ0v) is 30.7. The van der Waals surface area contributed by atoms with Gasteiger partial charge in [-0.2, -0.15) is 0 Å². The molecule has 4 aromatic rings. The number of amides is 3. The summed E-state index contributed by atoms with van der Waals surface area (Å²) in [5, 5.41) is 6.59. The second-order valence-corrected chi connectivity index (χ2v) is 15.4. The lowest BCUT2D eigenvalue weighted by Crippen LogP contribution is -2.51. The number of ether oxygens (including phenoxy) is 1. The van der Waals surface area contributed by atoms with Crippen LogP contribution in [0.2, 0.25) is 0 Å². The first-order valence-electron chi connectivity index (χ1n) is 18.7. The average Bonchev–Trinajstić information content (AvgIpc) is 3.97. The molecule has 3 fully saturated rings. The summed E-state index contributed by atoms with van der Waals surface area (Å²) < 4.78 is 4.78. The highest BCUT2D eigenvalue weighted by Crippen LogP contribution is 2.38. The highest BCUT2D eigenvalue weighted by Gasteiger charge is 2.38.